The van der Waals surface area contributed by atoms with E-state index in [0.717, 1.165) is 17.5 Å². The molecule has 0 radical (unpaired) electrons. The van der Waals surface area contributed by atoms with Crippen LogP contribution in [0.1, 0.15) is 69.0 Å². The van der Waals surface area contributed by atoms with Crippen molar-refractivity contribution in [3.8, 4) is 0 Å². The van der Waals surface area contributed by atoms with E-state index in [4.69, 9.17) is 11.6 Å². The Morgan fingerprint density at radius 2 is 2.00 bits per heavy atom. The van der Waals surface area contributed by atoms with E-state index in [1.54, 1.807) is 0 Å². The Bertz CT molecular complexity index is 410. The molecule has 0 aliphatic heterocycles. The molecule has 0 bridgehead atoms. The topological polar surface area (TPSA) is 12.0 Å². The second-order valence-electron chi connectivity index (χ2n) is 6.27. The summed E-state index contributed by atoms with van der Waals surface area (Å²) in [6, 6.07) is 6.92. The van der Waals surface area contributed by atoms with Gasteiger partial charge >= 0.3 is 0 Å². The Balaban J connectivity index is 2.08. The Morgan fingerprint density at radius 1 is 1.25 bits per heavy atom. The highest BCUT2D eigenvalue weighted by Gasteiger charge is 2.21. The van der Waals surface area contributed by atoms with E-state index in [-0.39, 0.29) is 0 Å². The Hall–Kier alpha value is -0.530. The van der Waals surface area contributed by atoms with E-state index in [9.17, 15) is 0 Å². The monoisotopic (exact) mass is 293 g/mol. The molecule has 1 aromatic carbocycles. The molecule has 1 aromatic rings. The third-order valence-corrected chi connectivity index (χ3v) is 4.79. The second-order valence-corrected chi connectivity index (χ2v) is 6.68. The lowest BCUT2D eigenvalue weighted by atomic mass is 9.83. The molecule has 112 valence electrons. The van der Waals surface area contributed by atoms with Crippen molar-refractivity contribution < 1.29 is 0 Å². The van der Waals surface area contributed by atoms with E-state index < -0.39 is 0 Å². The summed E-state index contributed by atoms with van der Waals surface area (Å²) in [4.78, 5) is 0. The average Bonchev–Trinajstić information content (AvgIpc) is 2.45. The maximum Gasteiger partial charge on any atom is 0.0456 e. The van der Waals surface area contributed by atoms with Crippen molar-refractivity contribution >= 4 is 11.6 Å². The predicted octanol–water partition coefficient (Wildman–Crippen LogP) is 5.66. The molecular formula is C18H28ClN. The molecule has 2 heteroatoms. The van der Waals surface area contributed by atoms with Crippen molar-refractivity contribution in [1.29, 1.82) is 0 Å². The van der Waals surface area contributed by atoms with Gasteiger partial charge in [0.25, 0.3) is 0 Å². The van der Waals surface area contributed by atoms with Gasteiger partial charge in [0.15, 0.2) is 0 Å². The first-order valence-corrected chi connectivity index (χ1v) is 8.58. The SMILES string of the molecule is CCCNC(CC1CCCCC1)c1ccc(C)cc1Cl. The fourth-order valence-electron chi connectivity index (χ4n) is 3.31. The minimum absolute atomic E-state index is 0.422. The predicted molar refractivity (Wildman–Crippen MR) is 88.4 cm³/mol. The Kier molecular flexibility index (Phi) is 6.38. The Labute approximate surface area is 129 Å². The minimum Gasteiger partial charge on any atom is -0.310 e. The highest BCUT2D eigenvalue weighted by atomic mass is 35.5. The van der Waals surface area contributed by atoms with Crippen LogP contribution in [0.2, 0.25) is 5.02 Å². The van der Waals surface area contributed by atoms with Crippen molar-refractivity contribution in [3.05, 3.63) is 34.3 Å². The van der Waals surface area contributed by atoms with Gasteiger partial charge in [0.2, 0.25) is 0 Å². The van der Waals surface area contributed by atoms with Crippen molar-refractivity contribution in [3.63, 3.8) is 0 Å². The molecule has 1 atom stereocenters. The van der Waals surface area contributed by atoms with Crippen LogP contribution in [-0.2, 0) is 0 Å². The standard InChI is InChI=1S/C18H28ClN/c1-3-11-20-18(13-15-7-5-4-6-8-15)16-10-9-14(2)12-17(16)19/h9-10,12,15,18,20H,3-8,11,13H2,1-2H3. The van der Waals surface area contributed by atoms with Gasteiger partial charge in [-0.25, -0.2) is 0 Å². The van der Waals surface area contributed by atoms with E-state index >= 15 is 0 Å². The van der Waals surface area contributed by atoms with Crippen molar-refractivity contribution in [2.75, 3.05) is 6.54 Å². The number of rotatable bonds is 6. The lowest BCUT2D eigenvalue weighted by molar-refractivity contribution is 0.300. The largest absolute Gasteiger partial charge is 0.310 e. The van der Waals surface area contributed by atoms with Crippen LogP contribution in [-0.4, -0.2) is 6.54 Å². The quantitative estimate of drug-likeness (QED) is 0.713. The maximum absolute atomic E-state index is 6.48. The molecular weight excluding hydrogens is 266 g/mol. The molecule has 1 unspecified atom stereocenters. The average molecular weight is 294 g/mol. The summed E-state index contributed by atoms with van der Waals surface area (Å²) in [6.45, 7) is 5.40. The van der Waals surface area contributed by atoms with E-state index in [1.165, 1.54) is 56.1 Å². The zero-order valence-corrected chi connectivity index (χ0v) is 13.7. The van der Waals surface area contributed by atoms with E-state index in [1.807, 2.05) is 0 Å². The zero-order valence-electron chi connectivity index (χ0n) is 12.9. The molecule has 1 saturated carbocycles. The summed E-state index contributed by atoms with van der Waals surface area (Å²) in [5, 5.41) is 4.63. The number of aryl methyl sites for hydroxylation is 1. The minimum atomic E-state index is 0.422. The summed E-state index contributed by atoms with van der Waals surface area (Å²) < 4.78 is 0. The molecule has 0 aromatic heterocycles. The summed E-state index contributed by atoms with van der Waals surface area (Å²) in [5.41, 5.74) is 2.53. The molecule has 1 aliphatic rings. The van der Waals surface area contributed by atoms with Crippen LogP contribution in [0.4, 0.5) is 0 Å². The lowest BCUT2D eigenvalue weighted by Gasteiger charge is -2.28. The van der Waals surface area contributed by atoms with Gasteiger partial charge in [0.05, 0.1) is 0 Å². The van der Waals surface area contributed by atoms with Crippen LogP contribution in [0.3, 0.4) is 0 Å². The number of hydrogen-bond acceptors (Lipinski definition) is 1. The van der Waals surface area contributed by atoms with Gasteiger partial charge in [0.1, 0.15) is 0 Å². The number of benzene rings is 1. The van der Waals surface area contributed by atoms with Crippen molar-refractivity contribution in [1.82, 2.24) is 5.32 Å². The van der Waals surface area contributed by atoms with Gasteiger partial charge in [-0.3, -0.25) is 0 Å². The smallest absolute Gasteiger partial charge is 0.0456 e. The van der Waals surface area contributed by atoms with Gasteiger partial charge < -0.3 is 5.32 Å². The maximum atomic E-state index is 6.48. The molecule has 1 N–H and O–H groups in total. The van der Waals surface area contributed by atoms with Gasteiger partial charge in [-0.1, -0.05) is 62.8 Å². The molecule has 0 heterocycles. The summed E-state index contributed by atoms with van der Waals surface area (Å²) in [6.07, 6.45) is 9.45. The first-order valence-electron chi connectivity index (χ1n) is 8.20. The summed E-state index contributed by atoms with van der Waals surface area (Å²) >= 11 is 6.48. The third-order valence-electron chi connectivity index (χ3n) is 4.47. The molecule has 0 spiro atoms. The van der Waals surface area contributed by atoms with Crippen molar-refractivity contribution in [2.24, 2.45) is 5.92 Å². The van der Waals surface area contributed by atoms with Crippen LogP contribution in [0.25, 0.3) is 0 Å². The van der Waals surface area contributed by atoms with Crippen LogP contribution in [0.15, 0.2) is 18.2 Å². The molecule has 0 saturated heterocycles. The van der Waals surface area contributed by atoms with Crippen molar-refractivity contribution in [2.45, 2.75) is 64.8 Å². The second kappa shape index (κ2) is 8.05. The molecule has 0 amide bonds. The fraction of sp³-hybridized carbons (Fsp3) is 0.667. The first kappa shape index (κ1) is 15.9. The van der Waals surface area contributed by atoms with Gasteiger partial charge in [0, 0.05) is 11.1 Å². The zero-order chi connectivity index (χ0) is 14.4. The van der Waals surface area contributed by atoms with Crippen LogP contribution in [0, 0.1) is 12.8 Å². The summed E-state index contributed by atoms with van der Waals surface area (Å²) in [7, 11) is 0. The first-order chi connectivity index (χ1) is 9.70. The molecule has 2 rings (SSSR count). The summed E-state index contributed by atoms with van der Waals surface area (Å²) in [5.74, 6) is 0.871. The number of nitrogens with one attached hydrogen (secondary N) is 1. The molecule has 1 aliphatic carbocycles. The van der Waals surface area contributed by atoms with Gasteiger partial charge in [-0.15, -0.1) is 0 Å². The number of halogens is 1. The highest BCUT2D eigenvalue weighted by Crippen LogP contribution is 2.34. The molecule has 1 nitrogen and oxygen atoms in total. The third kappa shape index (κ3) is 4.49. The Morgan fingerprint density at radius 3 is 2.65 bits per heavy atom. The van der Waals surface area contributed by atoms with Gasteiger partial charge in [-0.2, -0.15) is 0 Å². The fourth-order valence-corrected chi connectivity index (χ4v) is 3.68. The highest BCUT2D eigenvalue weighted by molar-refractivity contribution is 6.31. The molecule has 1 fully saturated rings. The van der Waals surface area contributed by atoms with Crippen LogP contribution in [0.5, 0.6) is 0 Å². The molecule has 20 heavy (non-hydrogen) atoms. The van der Waals surface area contributed by atoms with E-state index in [2.05, 4.69) is 37.4 Å². The number of hydrogen-bond donors (Lipinski definition) is 1. The van der Waals surface area contributed by atoms with Crippen LogP contribution < -0.4 is 5.32 Å². The van der Waals surface area contributed by atoms with E-state index in [0.29, 0.717) is 6.04 Å². The lowest BCUT2D eigenvalue weighted by Crippen LogP contribution is -2.25. The van der Waals surface area contributed by atoms with Crippen LogP contribution >= 0.6 is 11.6 Å². The van der Waals surface area contributed by atoms with Gasteiger partial charge in [-0.05, 0) is 49.4 Å². The normalized spacial score (nSPS) is 18.1.